The molecule has 0 radical (unpaired) electrons. The fourth-order valence-electron chi connectivity index (χ4n) is 7.36. The second-order valence-electron chi connectivity index (χ2n) is 12.5. The van der Waals surface area contributed by atoms with E-state index < -0.39 is 0 Å². The number of anilines is 3. The molecule has 10 aromatic rings. The van der Waals surface area contributed by atoms with Crippen LogP contribution in [0.3, 0.4) is 0 Å². The molecule has 3 aromatic heterocycles. The van der Waals surface area contributed by atoms with Crippen LogP contribution < -0.4 is 4.90 Å². The third kappa shape index (κ3) is 4.42. The number of hydrogen-bond donors (Lipinski definition) is 0. The van der Waals surface area contributed by atoms with Crippen molar-refractivity contribution in [3.05, 3.63) is 176 Å². The summed E-state index contributed by atoms with van der Waals surface area (Å²) in [6.07, 6.45) is 3.74. The second-order valence-corrected chi connectivity index (χ2v) is 12.5. The van der Waals surface area contributed by atoms with E-state index in [2.05, 4.69) is 172 Å². The van der Waals surface area contributed by atoms with Gasteiger partial charge in [-0.25, -0.2) is 0 Å². The van der Waals surface area contributed by atoms with Gasteiger partial charge in [-0.05, 0) is 89.3 Å². The molecule has 0 aliphatic rings. The van der Waals surface area contributed by atoms with Crippen molar-refractivity contribution in [2.24, 2.45) is 0 Å². The highest BCUT2D eigenvalue weighted by Gasteiger charge is 2.21. The van der Waals surface area contributed by atoms with E-state index in [1.807, 2.05) is 18.5 Å². The van der Waals surface area contributed by atoms with Crippen LogP contribution in [0, 0.1) is 0 Å². The summed E-state index contributed by atoms with van der Waals surface area (Å²) in [4.78, 5) is 6.69. The number of aromatic nitrogens is 2. The molecule has 0 aliphatic carbocycles. The average Bonchev–Trinajstić information content (AvgIpc) is 3.70. The Bertz CT molecular complexity index is 2820. The first-order valence-corrected chi connectivity index (χ1v) is 16.5. The Kier molecular flexibility index (Phi) is 6.15. The van der Waals surface area contributed by atoms with E-state index in [1.54, 1.807) is 0 Å². The highest BCUT2D eigenvalue weighted by molar-refractivity contribution is 6.14. The smallest absolute Gasteiger partial charge is 0.159 e. The molecule has 7 aromatic carbocycles. The van der Waals surface area contributed by atoms with Gasteiger partial charge in [-0.3, -0.25) is 4.98 Å². The van der Waals surface area contributed by atoms with E-state index in [4.69, 9.17) is 4.42 Å². The van der Waals surface area contributed by atoms with Gasteiger partial charge in [0.25, 0.3) is 0 Å². The van der Waals surface area contributed by atoms with Crippen LogP contribution in [0.5, 0.6) is 0 Å². The highest BCUT2D eigenvalue weighted by atomic mass is 16.3. The summed E-state index contributed by atoms with van der Waals surface area (Å²) >= 11 is 0. The maximum Gasteiger partial charge on any atom is 0.159 e. The first kappa shape index (κ1) is 27.5. The lowest BCUT2D eigenvalue weighted by atomic mass is 10.0. The van der Waals surface area contributed by atoms with Crippen LogP contribution in [0.15, 0.2) is 181 Å². The van der Waals surface area contributed by atoms with E-state index >= 15 is 0 Å². The van der Waals surface area contributed by atoms with Gasteiger partial charge in [0.15, 0.2) is 5.58 Å². The van der Waals surface area contributed by atoms with Gasteiger partial charge in [-0.15, -0.1) is 0 Å². The van der Waals surface area contributed by atoms with Crippen molar-refractivity contribution in [2.45, 2.75) is 0 Å². The van der Waals surface area contributed by atoms with Crippen molar-refractivity contribution in [2.75, 3.05) is 4.90 Å². The van der Waals surface area contributed by atoms with Gasteiger partial charge >= 0.3 is 0 Å². The molecule has 0 saturated heterocycles. The number of nitrogens with zero attached hydrogens (tertiary/aromatic N) is 3. The number of rotatable bonds is 5. The zero-order valence-electron chi connectivity index (χ0n) is 26.5. The maximum atomic E-state index is 6.76. The number of furan rings is 1. The van der Waals surface area contributed by atoms with Gasteiger partial charge in [0.2, 0.25) is 0 Å². The molecule has 0 amide bonds. The van der Waals surface area contributed by atoms with E-state index in [0.717, 1.165) is 61.0 Å². The largest absolute Gasteiger partial charge is 0.454 e. The zero-order valence-corrected chi connectivity index (χ0v) is 26.5. The molecule has 230 valence electrons. The standard InChI is InChI=1S/C45H29N3O/c1-3-10-30(11-4-1)31-18-20-35(21-19-31)47(43-17-9-15-38-40-26-33-29-46-25-24-32(33)27-44(40)49-45(38)43)36-22-23-42-39(28-36)37-14-7-8-16-41(37)48(42)34-12-5-2-6-13-34/h1-29H. The monoisotopic (exact) mass is 627 g/mol. The fraction of sp³-hybridized carbons (Fsp3) is 0. The van der Waals surface area contributed by atoms with Gasteiger partial charge in [-0.2, -0.15) is 0 Å². The molecule has 0 spiro atoms. The minimum absolute atomic E-state index is 0.847. The summed E-state index contributed by atoms with van der Waals surface area (Å²) in [5.41, 5.74) is 10.6. The van der Waals surface area contributed by atoms with Crippen LogP contribution in [-0.4, -0.2) is 9.55 Å². The average molecular weight is 628 g/mol. The van der Waals surface area contributed by atoms with Crippen LogP contribution >= 0.6 is 0 Å². The number of benzene rings is 7. The van der Waals surface area contributed by atoms with Crippen molar-refractivity contribution in [1.82, 2.24) is 9.55 Å². The normalized spacial score (nSPS) is 11.7. The van der Waals surface area contributed by atoms with Crippen LogP contribution in [-0.2, 0) is 0 Å². The summed E-state index contributed by atoms with van der Waals surface area (Å²) < 4.78 is 9.12. The van der Waals surface area contributed by atoms with E-state index in [-0.39, 0.29) is 0 Å². The zero-order chi connectivity index (χ0) is 32.3. The topological polar surface area (TPSA) is 34.2 Å². The Hall–Kier alpha value is -6.65. The highest BCUT2D eigenvalue weighted by Crippen LogP contribution is 2.44. The summed E-state index contributed by atoms with van der Waals surface area (Å²) in [5.74, 6) is 0. The molecule has 0 unspecified atom stereocenters. The maximum absolute atomic E-state index is 6.76. The Morgan fingerprint density at radius 1 is 0.490 bits per heavy atom. The van der Waals surface area contributed by atoms with Crippen molar-refractivity contribution < 1.29 is 4.42 Å². The second kappa shape index (κ2) is 11.0. The van der Waals surface area contributed by atoms with Gasteiger partial charge < -0.3 is 13.9 Å². The molecule has 4 heteroatoms. The molecular formula is C45H29N3O. The molecule has 10 rings (SSSR count). The lowest BCUT2D eigenvalue weighted by Crippen LogP contribution is -2.10. The third-order valence-electron chi connectivity index (χ3n) is 9.64. The molecular weight excluding hydrogens is 599 g/mol. The molecule has 0 fully saturated rings. The summed E-state index contributed by atoms with van der Waals surface area (Å²) in [6.45, 7) is 0. The first-order chi connectivity index (χ1) is 24.3. The number of hydrogen-bond acceptors (Lipinski definition) is 3. The molecule has 0 atom stereocenters. The SMILES string of the molecule is c1ccc(-c2ccc(N(c3ccc4c(c3)c3ccccc3n4-c3ccccc3)c3cccc4c3oc3cc5ccncc5cc34)cc2)cc1. The predicted molar refractivity (Wildman–Crippen MR) is 203 cm³/mol. The van der Waals surface area contributed by atoms with E-state index in [0.29, 0.717) is 0 Å². The lowest BCUT2D eigenvalue weighted by Gasteiger charge is -2.26. The summed E-state index contributed by atoms with van der Waals surface area (Å²) in [7, 11) is 0. The number of fused-ring (bicyclic) bond motifs is 7. The molecule has 4 nitrogen and oxygen atoms in total. The van der Waals surface area contributed by atoms with E-state index in [9.17, 15) is 0 Å². The van der Waals surface area contributed by atoms with Crippen molar-refractivity contribution >= 4 is 71.6 Å². The number of pyridine rings is 1. The van der Waals surface area contributed by atoms with Crippen LogP contribution in [0.2, 0.25) is 0 Å². The minimum atomic E-state index is 0.847. The molecule has 49 heavy (non-hydrogen) atoms. The molecule has 3 heterocycles. The Morgan fingerprint density at radius 3 is 2.06 bits per heavy atom. The van der Waals surface area contributed by atoms with Gasteiger partial charge in [0, 0.05) is 56.4 Å². The summed E-state index contributed by atoms with van der Waals surface area (Å²) in [6, 6.07) is 58.2. The van der Waals surface area contributed by atoms with Crippen molar-refractivity contribution in [1.29, 1.82) is 0 Å². The third-order valence-corrected chi connectivity index (χ3v) is 9.64. The van der Waals surface area contributed by atoms with Crippen molar-refractivity contribution in [3.63, 3.8) is 0 Å². The predicted octanol–water partition coefficient (Wildman–Crippen LogP) is 12.4. The van der Waals surface area contributed by atoms with E-state index in [1.165, 1.54) is 27.4 Å². The fourth-order valence-corrected chi connectivity index (χ4v) is 7.36. The molecule has 0 bridgehead atoms. The van der Waals surface area contributed by atoms with Gasteiger partial charge in [0.05, 0.1) is 16.7 Å². The molecule has 0 N–H and O–H groups in total. The van der Waals surface area contributed by atoms with Crippen LogP contribution in [0.1, 0.15) is 0 Å². The minimum Gasteiger partial charge on any atom is -0.454 e. The lowest BCUT2D eigenvalue weighted by molar-refractivity contribution is 0.669. The van der Waals surface area contributed by atoms with Crippen LogP contribution in [0.4, 0.5) is 17.1 Å². The van der Waals surface area contributed by atoms with Gasteiger partial charge in [-0.1, -0.05) is 91.0 Å². The molecule has 0 aliphatic heterocycles. The Labute approximate surface area is 282 Å². The first-order valence-electron chi connectivity index (χ1n) is 16.5. The van der Waals surface area contributed by atoms with Crippen LogP contribution in [0.25, 0.3) is 71.3 Å². The quantitative estimate of drug-likeness (QED) is 0.190. The number of para-hydroxylation sites is 3. The molecule has 0 saturated carbocycles. The Morgan fingerprint density at radius 2 is 1.20 bits per heavy atom. The van der Waals surface area contributed by atoms with Gasteiger partial charge in [0.1, 0.15) is 5.58 Å². The van der Waals surface area contributed by atoms with Crippen molar-refractivity contribution in [3.8, 4) is 16.8 Å². The Balaban J connectivity index is 1.22. The summed E-state index contributed by atoms with van der Waals surface area (Å²) in [5, 5.41) is 6.76.